The molecule has 0 aliphatic heterocycles. The first-order valence-corrected chi connectivity index (χ1v) is 12.5. The molecule has 252 valence electrons. The normalized spacial score (nSPS) is 8.17. The molecule has 0 heterocycles. The Morgan fingerprint density at radius 1 is 0.452 bits per heavy atom. The Hall–Kier alpha value is -3.71. The van der Waals surface area contributed by atoms with Gasteiger partial charge in [-0.05, 0) is 6.54 Å². The van der Waals surface area contributed by atoms with Gasteiger partial charge in [0.2, 0.25) is 0 Å². The van der Waals surface area contributed by atoms with E-state index in [4.69, 9.17) is 64.8 Å². The fourth-order valence-electron chi connectivity index (χ4n) is 1.43. The summed E-state index contributed by atoms with van der Waals surface area (Å²) in [6.07, 6.45) is 1.38. The van der Waals surface area contributed by atoms with Crippen LogP contribution < -0.4 is 26.6 Å². The number of nitrogens with one attached hydrogen (secondary N) is 6. The smallest absolute Gasteiger partial charge is 0.300 e. The third-order valence-electron chi connectivity index (χ3n) is 2.41. The molecule has 0 rings (SSSR count). The number of aliphatic carboxylic acids is 6. The van der Waals surface area contributed by atoms with E-state index in [0.29, 0.717) is 6.54 Å². The predicted octanol–water partition coefficient (Wildman–Crippen LogP) is -0.851. The lowest BCUT2D eigenvalue weighted by atomic mass is 10.5. The summed E-state index contributed by atoms with van der Waals surface area (Å²) in [7, 11) is 0. The molecule has 0 unspecified atom stereocenters. The molecule has 0 bridgehead atoms. The molecule has 0 radical (unpaired) electrons. The van der Waals surface area contributed by atoms with Gasteiger partial charge in [0.25, 0.3) is 35.8 Å². The van der Waals surface area contributed by atoms with Crippen molar-refractivity contribution < 1.29 is 59.4 Å². The van der Waals surface area contributed by atoms with E-state index in [0.717, 1.165) is 100 Å². The molecule has 0 aromatic carbocycles. The van der Waals surface area contributed by atoms with Crippen molar-refractivity contribution in [1.82, 2.24) is 26.6 Å². The van der Waals surface area contributed by atoms with E-state index >= 15 is 0 Å². The molecule has 0 atom stereocenters. The van der Waals surface area contributed by atoms with Crippen molar-refractivity contribution in [1.29, 1.82) is 5.41 Å². The van der Waals surface area contributed by atoms with Gasteiger partial charge in [0.05, 0.1) is 0 Å². The molecule has 0 aliphatic rings. The van der Waals surface area contributed by atoms with Crippen LogP contribution in [0.5, 0.6) is 0 Å². The number of carboxylic acid groups (broad SMARTS) is 6. The maximum atomic E-state index is 9.00. The largest absolute Gasteiger partial charge is 0.481 e. The second kappa shape index (κ2) is 53.5. The lowest BCUT2D eigenvalue weighted by molar-refractivity contribution is -0.135. The van der Waals surface area contributed by atoms with Gasteiger partial charge in [-0.25, -0.2) is 0 Å². The summed E-state index contributed by atoms with van der Waals surface area (Å²) in [5.41, 5.74) is 0. The van der Waals surface area contributed by atoms with Crippen molar-refractivity contribution in [2.45, 2.75) is 48.5 Å². The molecule has 0 amide bonds. The van der Waals surface area contributed by atoms with Crippen LogP contribution in [-0.2, 0) is 28.8 Å². The van der Waals surface area contributed by atoms with Crippen LogP contribution in [0.3, 0.4) is 0 Å². The summed E-state index contributed by atoms with van der Waals surface area (Å²) < 4.78 is 0. The highest BCUT2D eigenvalue weighted by atomic mass is 16.4. The summed E-state index contributed by atoms with van der Waals surface area (Å²) in [5.74, 6) is -5.00. The van der Waals surface area contributed by atoms with E-state index in [1.807, 2.05) is 0 Å². The number of hydrogen-bond donors (Lipinski definition) is 12. The molecule has 18 heteroatoms. The molecule has 0 saturated heterocycles. The molecule has 0 spiro atoms. The Morgan fingerprint density at radius 3 is 0.786 bits per heavy atom. The first-order valence-electron chi connectivity index (χ1n) is 12.5. The zero-order chi connectivity index (χ0) is 34.8. The second-order valence-electron chi connectivity index (χ2n) is 7.13. The van der Waals surface area contributed by atoms with Gasteiger partial charge in [-0.1, -0.05) is 6.92 Å². The average molecular weight is 619 g/mol. The van der Waals surface area contributed by atoms with Gasteiger partial charge in [0.15, 0.2) is 0 Å². The minimum atomic E-state index is -0.833. The topological polar surface area (TPSA) is 308 Å². The summed E-state index contributed by atoms with van der Waals surface area (Å²) in [4.78, 5) is 54.0. The Kier molecular flexibility index (Phi) is 69.3. The fourth-order valence-corrected chi connectivity index (χ4v) is 1.43. The van der Waals surface area contributed by atoms with Crippen molar-refractivity contribution >= 4 is 42.0 Å². The van der Waals surface area contributed by atoms with Crippen LogP contribution in [-0.4, -0.2) is 138 Å². The molecule has 0 fully saturated rings. The molecule has 0 aromatic rings. The first kappa shape index (κ1) is 54.4. The zero-order valence-electron chi connectivity index (χ0n) is 25.8. The number of rotatable bonds is 15. The second-order valence-corrected chi connectivity index (χ2v) is 7.13. The van der Waals surface area contributed by atoms with E-state index in [1.54, 1.807) is 0 Å². The van der Waals surface area contributed by atoms with Gasteiger partial charge in [-0.15, -0.1) is 0 Å². The van der Waals surface area contributed by atoms with E-state index in [1.165, 1.54) is 6.21 Å². The third kappa shape index (κ3) is 355. The Balaban J connectivity index is -0.0000000827. The zero-order valence-corrected chi connectivity index (χ0v) is 25.8. The van der Waals surface area contributed by atoms with Gasteiger partial charge in [0, 0.05) is 107 Å². The summed E-state index contributed by atoms with van der Waals surface area (Å²) >= 11 is 0. The highest BCUT2D eigenvalue weighted by Gasteiger charge is 1.89. The highest BCUT2D eigenvalue weighted by Crippen LogP contribution is 1.63. The molecule has 0 saturated carbocycles. The highest BCUT2D eigenvalue weighted by molar-refractivity contribution is 5.64. The average Bonchev–Trinajstić information content (AvgIpc) is 2.77. The monoisotopic (exact) mass is 618 g/mol. The molecule has 0 aliphatic carbocycles. The number of likely N-dealkylation sites (N-methyl/N-ethyl adjacent to an activating group) is 1. The van der Waals surface area contributed by atoms with Crippen LogP contribution >= 0.6 is 0 Å². The summed E-state index contributed by atoms with van der Waals surface area (Å²) in [6, 6.07) is 0. The molecule has 0 aromatic heterocycles. The van der Waals surface area contributed by atoms with E-state index in [9.17, 15) is 0 Å². The van der Waals surface area contributed by atoms with Crippen molar-refractivity contribution in [3.63, 3.8) is 0 Å². The SMILES string of the molecule is CC(=O)O.CC(=O)O.CC(=O)O.CC(=O)O.CC(=O)O.CC(=O)O.CCNCCNCCNCCNCCNCC=N. The minimum absolute atomic E-state index is 0.665. The standard InChI is InChI=1S/C12H30N6.6C2H4O2/c1-2-14-5-6-16-9-10-18-12-11-17-8-7-15-4-3-13;6*1-2(3)4/h3,13-18H,2,4-12H2,1H3;6*1H3,(H,3,4). The van der Waals surface area contributed by atoms with Gasteiger partial charge in [-0.2, -0.15) is 0 Å². The van der Waals surface area contributed by atoms with Crippen LogP contribution in [0, 0.1) is 5.41 Å². The van der Waals surface area contributed by atoms with Crippen LogP contribution in [0.1, 0.15) is 48.5 Å². The lowest BCUT2D eigenvalue weighted by Crippen LogP contribution is -2.36. The third-order valence-corrected chi connectivity index (χ3v) is 2.41. The van der Waals surface area contributed by atoms with Crippen molar-refractivity contribution in [3.05, 3.63) is 0 Å². The molecule has 42 heavy (non-hydrogen) atoms. The van der Waals surface area contributed by atoms with Crippen LogP contribution in [0.15, 0.2) is 0 Å². The maximum absolute atomic E-state index is 9.00. The van der Waals surface area contributed by atoms with Crippen molar-refractivity contribution in [3.8, 4) is 0 Å². The maximum Gasteiger partial charge on any atom is 0.300 e. The Bertz CT molecular complexity index is 536. The van der Waals surface area contributed by atoms with Crippen LogP contribution in [0.4, 0.5) is 0 Å². The van der Waals surface area contributed by atoms with Crippen LogP contribution in [0.2, 0.25) is 0 Å². The van der Waals surface area contributed by atoms with Crippen molar-refractivity contribution in [2.24, 2.45) is 0 Å². The molecule has 18 nitrogen and oxygen atoms in total. The van der Waals surface area contributed by atoms with Gasteiger partial charge < -0.3 is 62.6 Å². The summed E-state index contributed by atoms with van der Waals surface area (Å²) in [5, 5.41) is 67.8. The molecular formula is C24H54N6O12. The number of carboxylic acids is 6. The minimum Gasteiger partial charge on any atom is -0.481 e. The fraction of sp³-hybridized carbons (Fsp3) is 0.708. The van der Waals surface area contributed by atoms with Gasteiger partial charge in [0.1, 0.15) is 0 Å². The number of hydrogen-bond acceptors (Lipinski definition) is 12. The lowest BCUT2D eigenvalue weighted by Gasteiger charge is -2.08. The van der Waals surface area contributed by atoms with E-state index in [-0.39, 0.29) is 0 Å². The van der Waals surface area contributed by atoms with E-state index < -0.39 is 35.8 Å². The Morgan fingerprint density at radius 2 is 0.619 bits per heavy atom. The summed E-state index contributed by atoms with van der Waals surface area (Å²) in [6.45, 7) is 18.3. The first-order chi connectivity index (χ1) is 19.3. The number of carbonyl (C=O) groups is 6. The van der Waals surface area contributed by atoms with Crippen LogP contribution in [0.25, 0.3) is 0 Å². The van der Waals surface area contributed by atoms with Crippen molar-refractivity contribution in [2.75, 3.05) is 65.4 Å². The quantitative estimate of drug-likeness (QED) is 0.0785. The predicted molar refractivity (Wildman–Crippen MR) is 159 cm³/mol. The van der Waals surface area contributed by atoms with E-state index in [2.05, 4.69) is 33.5 Å². The van der Waals surface area contributed by atoms with Gasteiger partial charge >= 0.3 is 0 Å². The van der Waals surface area contributed by atoms with Gasteiger partial charge in [-0.3, -0.25) is 28.8 Å². The molecule has 12 N–H and O–H groups in total. The molecular weight excluding hydrogens is 564 g/mol. The Labute approximate surface area is 247 Å².